The van der Waals surface area contributed by atoms with Gasteiger partial charge >= 0.3 is 0 Å². The minimum Gasteiger partial charge on any atom is -0.300 e. The van der Waals surface area contributed by atoms with Crippen LogP contribution in [0.1, 0.15) is 39.0 Å². The Bertz CT molecular complexity index is 135. The van der Waals surface area contributed by atoms with Crippen molar-refractivity contribution in [2.24, 2.45) is 0 Å². The molecular formula is C8H13NO. The molecule has 0 aliphatic rings. The third-order valence-corrected chi connectivity index (χ3v) is 1.32. The van der Waals surface area contributed by atoms with Gasteiger partial charge in [-0.2, -0.15) is 5.26 Å². The van der Waals surface area contributed by atoms with Crippen LogP contribution in [0.2, 0.25) is 0 Å². The van der Waals surface area contributed by atoms with Gasteiger partial charge in [0.15, 0.2) is 0 Å². The first-order chi connectivity index (χ1) is 4.81. The van der Waals surface area contributed by atoms with E-state index in [1.807, 2.05) is 6.07 Å². The van der Waals surface area contributed by atoms with E-state index in [0.29, 0.717) is 19.3 Å². The van der Waals surface area contributed by atoms with Gasteiger partial charge in [-0.1, -0.05) is 13.3 Å². The molecule has 0 aromatic carbocycles. The van der Waals surface area contributed by atoms with E-state index in [1.54, 1.807) is 0 Å². The van der Waals surface area contributed by atoms with E-state index >= 15 is 0 Å². The summed E-state index contributed by atoms with van der Waals surface area (Å²) in [5.41, 5.74) is 0. The van der Waals surface area contributed by atoms with Crippen LogP contribution in [0, 0.1) is 11.3 Å². The van der Waals surface area contributed by atoms with Crippen molar-refractivity contribution in [3.05, 3.63) is 0 Å². The molecular weight excluding hydrogens is 126 g/mol. The summed E-state index contributed by atoms with van der Waals surface area (Å²) in [6.45, 7) is 2.05. The number of Topliss-reactive ketones (excluding diaryl/α,β-unsaturated/α-hetero) is 1. The summed E-state index contributed by atoms with van der Waals surface area (Å²) >= 11 is 0. The predicted molar refractivity (Wildman–Crippen MR) is 39.4 cm³/mol. The van der Waals surface area contributed by atoms with Crippen molar-refractivity contribution in [3.63, 3.8) is 0 Å². The Balaban J connectivity index is 3.19. The van der Waals surface area contributed by atoms with Gasteiger partial charge in [-0.05, 0) is 6.42 Å². The quantitative estimate of drug-likeness (QED) is 0.584. The number of nitrogens with zero attached hydrogens (tertiary/aromatic N) is 1. The van der Waals surface area contributed by atoms with E-state index in [0.717, 1.165) is 12.8 Å². The van der Waals surface area contributed by atoms with E-state index in [9.17, 15) is 4.79 Å². The molecule has 0 rings (SSSR count). The lowest BCUT2D eigenvalue weighted by Gasteiger charge is -1.93. The third-order valence-electron chi connectivity index (χ3n) is 1.32. The molecule has 0 spiro atoms. The molecule has 2 heteroatoms. The number of rotatable bonds is 5. The summed E-state index contributed by atoms with van der Waals surface area (Å²) in [5, 5.41) is 8.14. The molecule has 0 aromatic heterocycles. The zero-order valence-electron chi connectivity index (χ0n) is 6.39. The van der Waals surface area contributed by atoms with Crippen LogP contribution < -0.4 is 0 Å². The molecule has 0 fully saturated rings. The average molecular weight is 139 g/mol. The number of unbranched alkanes of at least 4 members (excludes halogenated alkanes) is 1. The van der Waals surface area contributed by atoms with Gasteiger partial charge in [0.2, 0.25) is 0 Å². The third kappa shape index (κ3) is 5.30. The van der Waals surface area contributed by atoms with Gasteiger partial charge < -0.3 is 0 Å². The van der Waals surface area contributed by atoms with E-state index < -0.39 is 0 Å². The lowest BCUT2D eigenvalue weighted by Crippen LogP contribution is -1.95. The van der Waals surface area contributed by atoms with E-state index in [1.165, 1.54) is 0 Å². The van der Waals surface area contributed by atoms with Crippen molar-refractivity contribution in [1.29, 1.82) is 5.26 Å². The summed E-state index contributed by atoms with van der Waals surface area (Å²) in [7, 11) is 0. The van der Waals surface area contributed by atoms with Crippen LogP contribution in [0.3, 0.4) is 0 Å². The van der Waals surface area contributed by atoms with Crippen LogP contribution in [-0.4, -0.2) is 5.78 Å². The van der Waals surface area contributed by atoms with Crippen molar-refractivity contribution in [2.75, 3.05) is 0 Å². The predicted octanol–water partition coefficient (Wildman–Crippen LogP) is 2.05. The average Bonchev–Trinajstić information content (AvgIpc) is 1.97. The Morgan fingerprint density at radius 3 is 2.70 bits per heavy atom. The van der Waals surface area contributed by atoms with Crippen molar-refractivity contribution in [2.45, 2.75) is 39.0 Å². The molecule has 0 heterocycles. The van der Waals surface area contributed by atoms with Gasteiger partial charge in [0, 0.05) is 19.3 Å². The highest BCUT2D eigenvalue weighted by Gasteiger charge is 1.98. The molecule has 0 saturated carbocycles. The molecule has 0 aliphatic heterocycles. The monoisotopic (exact) mass is 139 g/mol. The minimum absolute atomic E-state index is 0.225. The number of carbonyl (C=O) groups is 1. The Kier molecular flexibility index (Phi) is 5.75. The first-order valence-electron chi connectivity index (χ1n) is 3.70. The fourth-order valence-electron chi connectivity index (χ4n) is 0.694. The highest BCUT2D eigenvalue weighted by Crippen LogP contribution is 1.99. The molecule has 0 N–H and O–H groups in total. The van der Waals surface area contributed by atoms with Crippen molar-refractivity contribution < 1.29 is 4.79 Å². The smallest absolute Gasteiger partial charge is 0.133 e. The second-order valence-corrected chi connectivity index (χ2v) is 2.30. The molecule has 0 aliphatic carbocycles. The van der Waals surface area contributed by atoms with Crippen LogP contribution in [0.15, 0.2) is 0 Å². The number of ketones is 1. The molecule has 0 radical (unpaired) electrons. The van der Waals surface area contributed by atoms with Crippen LogP contribution in [0.4, 0.5) is 0 Å². The largest absolute Gasteiger partial charge is 0.300 e. The lowest BCUT2D eigenvalue weighted by molar-refractivity contribution is -0.119. The number of hydrogen-bond acceptors (Lipinski definition) is 2. The summed E-state index contributed by atoms with van der Waals surface area (Å²) in [6, 6.07) is 1.95. The van der Waals surface area contributed by atoms with Gasteiger partial charge in [-0.15, -0.1) is 0 Å². The molecule has 0 saturated heterocycles. The maximum Gasteiger partial charge on any atom is 0.133 e. The fraction of sp³-hybridized carbons (Fsp3) is 0.750. The summed E-state index contributed by atoms with van der Waals surface area (Å²) in [6.07, 6.45) is 3.49. The second kappa shape index (κ2) is 6.28. The Labute approximate surface area is 61.8 Å². The van der Waals surface area contributed by atoms with Gasteiger partial charge in [0.25, 0.3) is 0 Å². The highest BCUT2D eigenvalue weighted by molar-refractivity contribution is 5.78. The summed E-state index contributed by atoms with van der Waals surface area (Å²) in [4.78, 5) is 10.8. The Morgan fingerprint density at radius 2 is 2.20 bits per heavy atom. The molecule has 2 nitrogen and oxygen atoms in total. The standard InChI is InChI=1S/C8H13NO/c1-2-3-5-8(10)6-4-7-9/h2-6H2,1H3. The molecule has 0 amide bonds. The molecule has 10 heavy (non-hydrogen) atoms. The van der Waals surface area contributed by atoms with Gasteiger partial charge in [-0.25, -0.2) is 0 Å². The van der Waals surface area contributed by atoms with Crippen molar-refractivity contribution in [3.8, 4) is 6.07 Å². The van der Waals surface area contributed by atoms with Crippen LogP contribution in [-0.2, 0) is 4.79 Å². The summed E-state index contributed by atoms with van der Waals surface area (Å²) < 4.78 is 0. The fourth-order valence-corrected chi connectivity index (χ4v) is 0.694. The molecule has 0 unspecified atom stereocenters. The molecule has 0 atom stereocenters. The van der Waals surface area contributed by atoms with Gasteiger partial charge in [-0.3, -0.25) is 4.79 Å². The SMILES string of the molecule is CCCCC(=O)CCC#N. The molecule has 56 valence electrons. The van der Waals surface area contributed by atoms with Crippen LogP contribution in [0.5, 0.6) is 0 Å². The van der Waals surface area contributed by atoms with E-state index in [4.69, 9.17) is 5.26 Å². The maximum atomic E-state index is 10.8. The van der Waals surface area contributed by atoms with E-state index in [-0.39, 0.29) is 5.78 Å². The van der Waals surface area contributed by atoms with Gasteiger partial charge in [0.1, 0.15) is 5.78 Å². The second-order valence-electron chi connectivity index (χ2n) is 2.30. The first kappa shape index (κ1) is 9.16. The topological polar surface area (TPSA) is 40.9 Å². The maximum absolute atomic E-state index is 10.8. The zero-order chi connectivity index (χ0) is 7.82. The minimum atomic E-state index is 0.225. The summed E-state index contributed by atoms with van der Waals surface area (Å²) in [5.74, 6) is 0.225. The van der Waals surface area contributed by atoms with E-state index in [2.05, 4.69) is 6.92 Å². The lowest BCUT2D eigenvalue weighted by atomic mass is 10.1. The molecule has 0 aromatic rings. The van der Waals surface area contributed by atoms with Crippen molar-refractivity contribution in [1.82, 2.24) is 0 Å². The number of hydrogen-bond donors (Lipinski definition) is 0. The number of carbonyl (C=O) groups excluding carboxylic acids is 1. The van der Waals surface area contributed by atoms with Crippen molar-refractivity contribution >= 4 is 5.78 Å². The zero-order valence-corrected chi connectivity index (χ0v) is 6.39. The van der Waals surface area contributed by atoms with Gasteiger partial charge in [0.05, 0.1) is 6.07 Å². The first-order valence-corrected chi connectivity index (χ1v) is 3.70. The van der Waals surface area contributed by atoms with Crippen LogP contribution in [0.25, 0.3) is 0 Å². The number of nitriles is 1. The van der Waals surface area contributed by atoms with Crippen LogP contribution >= 0.6 is 0 Å². The Morgan fingerprint density at radius 1 is 1.50 bits per heavy atom. The highest BCUT2D eigenvalue weighted by atomic mass is 16.1. The Hall–Kier alpha value is -0.840. The molecule has 0 bridgehead atoms. The normalized spacial score (nSPS) is 8.80.